The lowest BCUT2D eigenvalue weighted by atomic mass is 10.2. The van der Waals surface area contributed by atoms with E-state index in [2.05, 4.69) is 11.9 Å². The van der Waals surface area contributed by atoms with Gasteiger partial charge in [-0.15, -0.1) is 0 Å². The lowest BCUT2D eigenvalue weighted by molar-refractivity contribution is 0.0516. The Labute approximate surface area is 113 Å². The van der Waals surface area contributed by atoms with Crippen LogP contribution in [-0.4, -0.2) is 22.1 Å². The minimum atomic E-state index is -0.332. The highest BCUT2D eigenvalue weighted by atomic mass is 16.5. The molecule has 0 spiro atoms. The second kappa shape index (κ2) is 6.18. The number of carbonyl (C=O) groups is 1. The van der Waals surface area contributed by atoms with Crippen LogP contribution in [0, 0.1) is 0 Å². The zero-order valence-corrected chi connectivity index (χ0v) is 11.3. The van der Waals surface area contributed by atoms with E-state index in [1.54, 1.807) is 13.1 Å². The molecule has 1 aromatic heterocycles. The zero-order chi connectivity index (χ0) is 13.7. The first-order valence-corrected chi connectivity index (χ1v) is 6.57. The molecular weight excluding hydrogens is 240 g/mol. The van der Waals surface area contributed by atoms with Crippen molar-refractivity contribution in [2.45, 2.75) is 26.7 Å². The highest BCUT2D eigenvalue weighted by Gasteiger charge is 2.18. The van der Waals surface area contributed by atoms with Gasteiger partial charge in [-0.2, -0.15) is 0 Å². The number of hydrogen-bond donors (Lipinski definition) is 0. The fourth-order valence-electron chi connectivity index (χ4n) is 2.00. The van der Waals surface area contributed by atoms with E-state index in [4.69, 9.17) is 4.74 Å². The van der Waals surface area contributed by atoms with Crippen LogP contribution in [0.15, 0.2) is 36.5 Å². The molecule has 0 saturated carbocycles. The van der Waals surface area contributed by atoms with Crippen molar-refractivity contribution in [2.24, 2.45) is 0 Å². The molecule has 0 aliphatic carbocycles. The molecule has 0 saturated heterocycles. The highest BCUT2D eigenvalue weighted by molar-refractivity contribution is 5.88. The molecule has 1 aromatic carbocycles. The molecule has 19 heavy (non-hydrogen) atoms. The molecule has 0 atom stereocenters. The second-order valence-electron chi connectivity index (χ2n) is 4.20. The van der Waals surface area contributed by atoms with Gasteiger partial charge in [0.25, 0.3) is 0 Å². The minimum Gasteiger partial charge on any atom is -0.461 e. The summed E-state index contributed by atoms with van der Waals surface area (Å²) in [7, 11) is 0. The largest absolute Gasteiger partial charge is 0.461 e. The van der Waals surface area contributed by atoms with Crippen LogP contribution in [-0.2, 0) is 11.2 Å². The summed E-state index contributed by atoms with van der Waals surface area (Å²) in [5, 5.41) is 0. The lowest BCUT2D eigenvalue weighted by Crippen LogP contribution is -2.12. The number of nitrogens with zero attached hydrogens (tertiary/aromatic N) is 2. The Morgan fingerprint density at radius 1 is 1.26 bits per heavy atom. The average Bonchev–Trinajstić information content (AvgIpc) is 2.84. The molecule has 4 nitrogen and oxygen atoms in total. The van der Waals surface area contributed by atoms with Gasteiger partial charge in [0.2, 0.25) is 0 Å². The van der Waals surface area contributed by atoms with Crippen LogP contribution in [0.4, 0.5) is 0 Å². The van der Waals surface area contributed by atoms with Crippen molar-refractivity contribution >= 4 is 5.97 Å². The summed E-state index contributed by atoms with van der Waals surface area (Å²) in [6.07, 6.45) is 3.40. The van der Waals surface area contributed by atoms with Gasteiger partial charge in [0.15, 0.2) is 5.69 Å². The molecule has 0 amide bonds. The number of imidazole rings is 1. The first-order valence-electron chi connectivity index (χ1n) is 6.57. The number of para-hydroxylation sites is 1. The molecule has 0 bridgehead atoms. The fourth-order valence-corrected chi connectivity index (χ4v) is 2.00. The Bertz CT molecular complexity index is 547. The van der Waals surface area contributed by atoms with Gasteiger partial charge >= 0.3 is 5.97 Å². The summed E-state index contributed by atoms with van der Waals surface area (Å²) in [5.74, 6) is 0.554. The van der Waals surface area contributed by atoms with Crippen LogP contribution >= 0.6 is 0 Å². The molecule has 0 aliphatic heterocycles. The van der Waals surface area contributed by atoms with Crippen LogP contribution in [0.25, 0.3) is 5.69 Å². The van der Waals surface area contributed by atoms with E-state index in [1.165, 1.54) is 0 Å². The van der Waals surface area contributed by atoms with E-state index < -0.39 is 0 Å². The van der Waals surface area contributed by atoms with Crippen LogP contribution in [0.3, 0.4) is 0 Å². The van der Waals surface area contributed by atoms with Crippen molar-refractivity contribution in [1.82, 2.24) is 9.55 Å². The Morgan fingerprint density at radius 3 is 2.63 bits per heavy atom. The third kappa shape index (κ3) is 2.84. The van der Waals surface area contributed by atoms with Crippen LogP contribution in [0.1, 0.15) is 36.6 Å². The number of rotatable bonds is 5. The smallest absolute Gasteiger partial charge is 0.356 e. The third-order valence-electron chi connectivity index (χ3n) is 2.81. The van der Waals surface area contributed by atoms with E-state index in [0.29, 0.717) is 12.3 Å². The van der Waals surface area contributed by atoms with Gasteiger partial charge in [0, 0.05) is 12.1 Å². The molecular formula is C15H18N2O2. The van der Waals surface area contributed by atoms with Gasteiger partial charge in [-0.25, -0.2) is 9.78 Å². The van der Waals surface area contributed by atoms with Crippen molar-refractivity contribution in [1.29, 1.82) is 0 Å². The van der Waals surface area contributed by atoms with Gasteiger partial charge in [-0.1, -0.05) is 25.1 Å². The van der Waals surface area contributed by atoms with E-state index in [0.717, 1.165) is 24.4 Å². The first-order chi connectivity index (χ1) is 9.27. The molecule has 100 valence electrons. The van der Waals surface area contributed by atoms with E-state index in [-0.39, 0.29) is 5.97 Å². The van der Waals surface area contributed by atoms with E-state index in [1.807, 2.05) is 34.9 Å². The van der Waals surface area contributed by atoms with Crippen molar-refractivity contribution in [3.8, 4) is 5.69 Å². The number of ether oxygens (including phenoxy) is 1. The Morgan fingerprint density at radius 2 is 2.00 bits per heavy atom. The van der Waals surface area contributed by atoms with Gasteiger partial charge in [-0.05, 0) is 25.5 Å². The number of aromatic nitrogens is 2. The molecule has 0 N–H and O–H groups in total. The van der Waals surface area contributed by atoms with E-state index >= 15 is 0 Å². The van der Waals surface area contributed by atoms with Crippen LogP contribution in [0.5, 0.6) is 0 Å². The standard InChI is InChI=1S/C15H18N2O2/c1-3-8-14-16-11-13(15(18)19-4-2)17(14)12-9-6-5-7-10-12/h5-7,9-11H,3-4,8H2,1-2H3. The summed E-state index contributed by atoms with van der Waals surface area (Å²) in [5.41, 5.74) is 1.42. The summed E-state index contributed by atoms with van der Waals surface area (Å²) in [4.78, 5) is 16.3. The average molecular weight is 258 g/mol. The SMILES string of the molecule is CCCc1ncc(C(=O)OCC)n1-c1ccccc1. The summed E-state index contributed by atoms with van der Waals surface area (Å²) < 4.78 is 6.96. The molecule has 0 unspecified atom stereocenters. The normalized spacial score (nSPS) is 10.4. The van der Waals surface area contributed by atoms with Crippen molar-refractivity contribution < 1.29 is 9.53 Å². The number of esters is 1. The molecule has 2 aromatic rings. The topological polar surface area (TPSA) is 44.1 Å². The zero-order valence-electron chi connectivity index (χ0n) is 11.3. The second-order valence-corrected chi connectivity index (χ2v) is 4.20. The van der Waals surface area contributed by atoms with Gasteiger partial charge in [-0.3, -0.25) is 4.57 Å². The van der Waals surface area contributed by atoms with E-state index in [9.17, 15) is 4.79 Å². The third-order valence-corrected chi connectivity index (χ3v) is 2.81. The molecule has 1 heterocycles. The molecule has 0 fully saturated rings. The quantitative estimate of drug-likeness (QED) is 0.774. The number of aryl methyl sites for hydroxylation is 1. The predicted molar refractivity (Wildman–Crippen MR) is 73.5 cm³/mol. The first kappa shape index (κ1) is 13.3. The minimum absolute atomic E-state index is 0.332. The van der Waals surface area contributed by atoms with Crippen LogP contribution < -0.4 is 0 Å². The van der Waals surface area contributed by atoms with Crippen molar-refractivity contribution in [3.05, 3.63) is 48.0 Å². The van der Waals surface area contributed by atoms with Gasteiger partial charge < -0.3 is 4.74 Å². The fraction of sp³-hybridized carbons (Fsp3) is 0.333. The summed E-state index contributed by atoms with van der Waals surface area (Å²) in [6.45, 7) is 4.25. The summed E-state index contributed by atoms with van der Waals surface area (Å²) in [6, 6.07) is 9.76. The van der Waals surface area contributed by atoms with Crippen LogP contribution in [0.2, 0.25) is 0 Å². The predicted octanol–water partition coefficient (Wildman–Crippen LogP) is 3.00. The Kier molecular flexibility index (Phi) is 4.34. The molecule has 4 heteroatoms. The Balaban J connectivity index is 2.48. The number of carbonyl (C=O) groups excluding carboxylic acids is 1. The van der Waals surface area contributed by atoms with Gasteiger partial charge in [0.1, 0.15) is 5.82 Å². The lowest BCUT2D eigenvalue weighted by Gasteiger charge is -2.11. The maximum absolute atomic E-state index is 12.0. The number of benzene rings is 1. The molecule has 2 rings (SSSR count). The maximum Gasteiger partial charge on any atom is 0.356 e. The van der Waals surface area contributed by atoms with Crippen molar-refractivity contribution in [3.63, 3.8) is 0 Å². The monoisotopic (exact) mass is 258 g/mol. The molecule has 0 radical (unpaired) electrons. The van der Waals surface area contributed by atoms with Crippen molar-refractivity contribution in [2.75, 3.05) is 6.61 Å². The summed E-state index contributed by atoms with van der Waals surface area (Å²) >= 11 is 0. The highest BCUT2D eigenvalue weighted by Crippen LogP contribution is 2.17. The molecule has 0 aliphatic rings. The van der Waals surface area contributed by atoms with Gasteiger partial charge in [0.05, 0.1) is 12.8 Å². The number of hydrogen-bond acceptors (Lipinski definition) is 3. The maximum atomic E-state index is 12.0. The Hall–Kier alpha value is -2.10.